The van der Waals surface area contributed by atoms with Crippen molar-refractivity contribution in [2.45, 2.75) is 38.8 Å². The second kappa shape index (κ2) is 7.82. The lowest BCUT2D eigenvalue weighted by atomic mass is 9.88. The fourth-order valence-corrected chi connectivity index (χ4v) is 3.60. The van der Waals surface area contributed by atoms with Crippen LogP contribution in [0.5, 0.6) is 5.75 Å². The van der Waals surface area contributed by atoms with Gasteiger partial charge in [0, 0.05) is 12.1 Å². The Labute approximate surface area is 144 Å². The van der Waals surface area contributed by atoms with Crippen LogP contribution in [0.1, 0.15) is 29.5 Å². The first-order valence-electron chi connectivity index (χ1n) is 8.84. The zero-order valence-electron chi connectivity index (χ0n) is 14.4. The first kappa shape index (κ1) is 17.0. The number of piperidine rings is 1. The predicted octanol–water partition coefficient (Wildman–Crippen LogP) is 3.52. The molecule has 0 amide bonds. The maximum atomic E-state index is 10.5. The zero-order chi connectivity index (χ0) is 16.9. The number of aliphatic hydroxyl groups excluding tert-OH is 1. The molecule has 1 saturated heterocycles. The molecule has 1 heterocycles. The van der Waals surface area contributed by atoms with Crippen LogP contribution in [0.2, 0.25) is 0 Å². The molecule has 1 atom stereocenters. The molecule has 0 aromatic heterocycles. The van der Waals surface area contributed by atoms with E-state index in [4.69, 9.17) is 0 Å². The summed E-state index contributed by atoms with van der Waals surface area (Å²) in [5, 5.41) is 20.5. The number of aryl methyl sites for hydroxylation is 1. The van der Waals surface area contributed by atoms with Crippen molar-refractivity contribution in [1.29, 1.82) is 0 Å². The van der Waals surface area contributed by atoms with Gasteiger partial charge < -0.3 is 10.2 Å². The van der Waals surface area contributed by atoms with Crippen molar-refractivity contribution >= 4 is 0 Å². The Morgan fingerprint density at radius 1 is 1.08 bits per heavy atom. The van der Waals surface area contributed by atoms with Crippen molar-refractivity contribution < 1.29 is 10.2 Å². The highest BCUT2D eigenvalue weighted by molar-refractivity contribution is 5.35. The zero-order valence-corrected chi connectivity index (χ0v) is 14.4. The standard InChI is InChI=1S/C21H27NO2/c1-16-7-8-20(23)19(13-16)15-22-11-9-18(10-12-22)21(24)14-17-5-3-2-4-6-17/h2-8,13,18,21,23-24H,9-12,14-15H2,1H3/t21-/m0/s1. The largest absolute Gasteiger partial charge is 0.508 e. The Morgan fingerprint density at radius 3 is 2.50 bits per heavy atom. The second-order valence-corrected chi connectivity index (χ2v) is 7.00. The molecular formula is C21H27NO2. The summed E-state index contributed by atoms with van der Waals surface area (Å²) in [7, 11) is 0. The highest BCUT2D eigenvalue weighted by Crippen LogP contribution is 2.26. The van der Waals surface area contributed by atoms with Gasteiger partial charge in [0.25, 0.3) is 0 Å². The molecule has 0 bridgehead atoms. The molecule has 2 aromatic rings. The van der Waals surface area contributed by atoms with Crippen LogP contribution in [0.25, 0.3) is 0 Å². The number of aromatic hydroxyl groups is 1. The number of benzene rings is 2. The summed E-state index contributed by atoms with van der Waals surface area (Å²) in [6.07, 6.45) is 2.51. The first-order valence-corrected chi connectivity index (χ1v) is 8.84. The van der Waals surface area contributed by atoms with E-state index in [2.05, 4.69) is 30.0 Å². The van der Waals surface area contributed by atoms with E-state index in [1.807, 2.05) is 24.3 Å². The number of phenols is 1. The number of aliphatic hydroxyl groups is 1. The van der Waals surface area contributed by atoms with E-state index in [0.717, 1.165) is 44.5 Å². The molecule has 2 N–H and O–H groups in total. The Morgan fingerprint density at radius 2 is 1.79 bits per heavy atom. The maximum Gasteiger partial charge on any atom is 0.120 e. The predicted molar refractivity (Wildman–Crippen MR) is 97.0 cm³/mol. The van der Waals surface area contributed by atoms with E-state index in [1.54, 1.807) is 6.07 Å². The van der Waals surface area contributed by atoms with Crippen LogP contribution < -0.4 is 0 Å². The minimum absolute atomic E-state index is 0.262. The summed E-state index contributed by atoms with van der Waals surface area (Å²) in [6.45, 7) is 4.79. The lowest BCUT2D eigenvalue weighted by molar-refractivity contribution is 0.0574. The van der Waals surface area contributed by atoms with E-state index in [-0.39, 0.29) is 6.10 Å². The number of hydrogen-bond acceptors (Lipinski definition) is 3. The van der Waals surface area contributed by atoms with Crippen molar-refractivity contribution in [3.63, 3.8) is 0 Å². The minimum atomic E-state index is -0.262. The molecule has 3 rings (SSSR count). The van der Waals surface area contributed by atoms with E-state index >= 15 is 0 Å². The monoisotopic (exact) mass is 325 g/mol. The van der Waals surface area contributed by atoms with Gasteiger partial charge in [-0.25, -0.2) is 0 Å². The van der Waals surface area contributed by atoms with Gasteiger partial charge >= 0.3 is 0 Å². The van der Waals surface area contributed by atoms with Crippen LogP contribution in [0.4, 0.5) is 0 Å². The number of nitrogens with zero attached hydrogens (tertiary/aromatic N) is 1. The number of rotatable bonds is 5. The van der Waals surface area contributed by atoms with Crippen molar-refractivity contribution in [1.82, 2.24) is 4.90 Å². The molecule has 24 heavy (non-hydrogen) atoms. The van der Waals surface area contributed by atoms with E-state index < -0.39 is 0 Å². The molecule has 3 nitrogen and oxygen atoms in total. The average Bonchev–Trinajstić information content (AvgIpc) is 2.60. The molecule has 1 fully saturated rings. The highest BCUT2D eigenvalue weighted by atomic mass is 16.3. The normalized spacial score (nSPS) is 17.8. The second-order valence-electron chi connectivity index (χ2n) is 7.00. The fourth-order valence-electron chi connectivity index (χ4n) is 3.60. The Balaban J connectivity index is 1.51. The van der Waals surface area contributed by atoms with Crippen LogP contribution in [0, 0.1) is 12.8 Å². The molecule has 0 saturated carbocycles. The van der Waals surface area contributed by atoms with E-state index in [1.165, 1.54) is 11.1 Å². The van der Waals surface area contributed by atoms with Gasteiger partial charge in [-0.05, 0) is 56.8 Å². The van der Waals surface area contributed by atoms with Crippen LogP contribution >= 0.6 is 0 Å². The summed E-state index contributed by atoms with van der Waals surface area (Å²) in [4.78, 5) is 2.38. The molecular weight excluding hydrogens is 298 g/mol. The molecule has 0 aliphatic carbocycles. The Bertz CT molecular complexity index is 648. The molecule has 1 aliphatic rings. The third-order valence-corrected chi connectivity index (χ3v) is 5.09. The molecule has 128 valence electrons. The summed E-state index contributed by atoms with van der Waals surface area (Å²) in [6, 6.07) is 16.0. The first-order chi connectivity index (χ1) is 11.6. The topological polar surface area (TPSA) is 43.7 Å². The summed E-state index contributed by atoms with van der Waals surface area (Å²) in [5.74, 6) is 0.749. The quantitative estimate of drug-likeness (QED) is 0.884. The fraction of sp³-hybridized carbons (Fsp3) is 0.429. The molecule has 0 unspecified atom stereocenters. The highest BCUT2D eigenvalue weighted by Gasteiger charge is 2.25. The van der Waals surface area contributed by atoms with Gasteiger partial charge in [0.15, 0.2) is 0 Å². The molecule has 1 aliphatic heterocycles. The molecule has 0 spiro atoms. The van der Waals surface area contributed by atoms with Crippen LogP contribution in [-0.2, 0) is 13.0 Å². The Hall–Kier alpha value is -1.84. The molecule has 2 aromatic carbocycles. The number of phenolic OH excluding ortho intramolecular Hbond substituents is 1. The number of hydrogen-bond donors (Lipinski definition) is 2. The average molecular weight is 325 g/mol. The van der Waals surface area contributed by atoms with Crippen molar-refractivity contribution in [2.24, 2.45) is 5.92 Å². The van der Waals surface area contributed by atoms with Crippen LogP contribution in [0.3, 0.4) is 0 Å². The van der Waals surface area contributed by atoms with Crippen LogP contribution in [-0.4, -0.2) is 34.3 Å². The third-order valence-electron chi connectivity index (χ3n) is 5.09. The summed E-state index contributed by atoms with van der Waals surface area (Å²) in [5.41, 5.74) is 3.38. The van der Waals surface area contributed by atoms with Crippen LogP contribution in [0.15, 0.2) is 48.5 Å². The lowest BCUT2D eigenvalue weighted by Crippen LogP contribution is -2.38. The number of likely N-dealkylation sites (tertiary alicyclic amines) is 1. The smallest absolute Gasteiger partial charge is 0.120 e. The van der Waals surface area contributed by atoms with Gasteiger partial charge in [0.1, 0.15) is 5.75 Å². The van der Waals surface area contributed by atoms with Gasteiger partial charge in [-0.2, -0.15) is 0 Å². The summed E-state index contributed by atoms with van der Waals surface area (Å²) < 4.78 is 0. The van der Waals surface area contributed by atoms with Gasteiger partial charge in [0.05, 0.1) is 6.10 Å². The third kappa shape index (κ3) is 4.37. The Kier molecular flexibility index (Phi) is 5.54. The van der Waals surface area contributed by atoms with Gasteiger partial charge in [-0.15, -0.1) is 0 Å². The van der Waals surface area contributed by atoms with Crippen molar-refractivity contribution in [2.75, 3.05) is 13.1 Å². The minimum Gasteiger partial charge on any atom is -0.508 e. The van der Waals surface area contributed by atoms with Gasteiger partial charge in [-0.1, -0.05) is 48.0 Å². The van der Waals surface area contributed by atoms with Crippen molar-refractivity contribution in [3.8, 4) is 5.75 Å². The van der Waals surface area contributed by atoms with E-state index in [0.29, 0.717) is 11.7 Å². The van der Waals surface area contributed by atoms with Gasteiger partial charge in [-0.3, -0.25) is 4.90 Å². The van der Waals surface area contributed by atoms with Gasteiger partial charge in [0.2, 0.25) is 0 Å². The molecule has 0 radical (unpaired) electrons. The maximum absolute atomic E-state index is 10.5. The SMILES string of the molecule is Cc1ccc(O)c(CN2CCC([C@@H](O)Cc3ccccc3)CC2)c1. The summed E-state index contributed by atoms with van der Waals surface area (Å²) >= 11 is 0. The lowest BCUT2D eigenvalue weighted by Gasteiger charge is -2.34. The van der Waals surface area contributed by atoms with Crippen molar-refractivity contribution in [3.05, 3.63) is 65.2 Å². The van der Waals surface area contributed by atoms with E-state index in [9.17, 15) is 10.2 Å². The molecule has 3 heteroatoms.